The Morgan fingerprint density at radius 3 is 2.76 bits per heavy atom. The number of hydrogen-bond donors (Lipinski definition) is 1. The highest BCUT2D eigenvalue weighted by Gasteiger charge is 2.39. The fourth-order valence-corrected chi connectivity index (χ4v) is 2.87. The summed E-state index contributed by atoms with van der Waals surface area (Å²) in [5, 5.41) is 3.51. The summed E-state index contributed by atoms with van der Waals surface area (Å²) in [7, 11) is 1.67. The molecule has 4 heteroatoms. The molecular formula is C17H26N2O2. The number of nitrogens with one attached hydrogen (secondary N) is 1. The summed E-state index contributed by atoms with van der Waals surface area (Å²) in [5.41, 5.74) is 2.39. The molecule has 2 rings (SSSR count). The van der Waals surface area contributed by atoms with Crippen LogP contribution in [0.1, 0.15) is 43.5 Å². The summed E-state index contributed by atoms with van der Waals surface area (Å²) < 4.78 is 5.16. The average Bonchev–Trinajstić information content (AvgIpc) is 2.80. The Bertz CT molecular complexity index is 476. The van der Waals surface area contributed by atoms with Gasteiger partial charge in [0.25, 0.3) is 0 Å². The third-order valence-electron chi connectivity index (χ3n) is 4.12. The third-order valence-corrected chi connectivity index (χ3v) is 4.12. The second-order valence-electron chi connectivity index (χ2n) is 5.65. The zero-order chi connectivity index (χ0) is 15.2. The van der Waals surface area contributed by atoms with Crippen molar-refractivity contribution in [3.8, 4) is 0 Å². The molecule has 2 atom stereocenters. The van der Waals surface area contributed by atoms with Crippen LogP contribution in [0.25, 0.3) is 0 Å². The number of amides is 1. The minimum absolute atomic E-state index is 0.0318. The first-order valence-electron chi connectivity index (χ1n) is 7.80. The molecule has 1 heterocycles. The van der Waals surface area contributed by atoms with Crippen molar-refractivity contribution in [1.82, 2.24) is 10.2 Å². The molecule has 0 saturated carbocycles. The van der Waals surface area contributed by atoms with Crippen LogP contribution in [0.2, 0.25) is 0 Å². The van der Waals surface area contributed by atoms with Crippen LogP contribution in [0.3, 0.4) is 0 Å². The highest BCUT2D eigenvalue weighted by atomic mass is 16.5. The second kappa shape index (κ2) is 7.57. The topological polar surface area (TPSA) is 41.6 Å². The Hall–Kier alpha value is -1.39. The number of carbonyl (C=O) groups is 1. The maximum absolute atomic E-state index is 12.6. The fraction of sp³-hybridized carbons (Fsp3) is 0.588. The molecule has 21 heavy (non-hydrogen) atoms. The molecule has 1 aromatic rings. The van der Waals surface area contributed by atoms with Crippen molar-refractivity contribution >= 4 is 5.91 Å². The lowest BCUT2D eigenvalue weighted by Crippen LogP contribution is -2.34. The van der Waals surface area contributed by atoms with Gasteiger partial charge in [-0.15, -0.1) is 0 Å². The van der Waals surface area contributed by atoms with Crippen molar-refractivity contribution in [2.75, 3.05) is 20.3 Å². The summed E-state index contributed by atoms with van der Waals surface area (Å²) in [6.45, 7) is 5.44. The van der Waals surface area contributed by atoms with E-state index in [-0.39, 0.29) is 18.1 Å². The van der Waals surface area contributed by atoms with E-state index in [9.17, 15) is 4.79 Å². The maximum Gasteiger partial charge on any atom is 0.241 e. The molecule has 1 N–H and O–H groups in total. The van der Waals surface area contributed by atoms with Crippen molar-refractivity contribution in [3.63, 3.8) is 0 Å². The quantitative estimate of drug-likeness (QED) is 0.839. The molecule has 1 aromatic carbocycles. The van der Waals surface area contributed by atoms with Gasteiger partial charge in [0.05, 0.1) is 12.6 Å². The number of hydrogen-bond acceptors (Lipinski definition) is 3. The SMILES string of the molecule is CCCCC1NC(c2ccccc2C)N(CCOC)C1=O. The third kappa shape index (κ3) is 3.63. The summed E-state index contributed by atoms with van der Waals surface area (Å²) in [6, 6.07) is 8.19. The van der Waals surface area contributed by atoms with Crippen LogP contribution >= 0.6 is 0 Å². The van der Waals surface area contributed by atoms with Gasteiger partial charge in [0.1, 0.15) is 6.17 Å². The van der Waals surface area contributed by atoms with E-state index in [4.69, 9.17) is 4.74 Å². The van der Waals surface area contributed by atoms with Gasteiger partial charge in [0.2, 0.25) is 5.91 Å². The van der Waals surface area contributed by atoms with Crippen LogP contribution in [-0.2, 0) is 9.53 Å². The Morgan fingerprint density at radius 1 is 1.33 bits per heavy atom. The van der Waals surface area contributed by atoms with Gasteiger partial charge in [-0.25, -0.2) is 0 Å². The molecule has 1 aliphatic rings. The summed E-state index contributed by atoms with van der Waals surface area (Å²) >= 11 is 0. The Labute approximate surface area is 127 Å². The first-order chi connectivity index (χ1) is 10.2. The minimum Gasteiger partial charge on any atom is -0.383 e. The predicted molar refractivity (Wildman–Crippen MR) is 84.0 cm³/mol. The van der Waals surface area contributed by atoms with E-state index in [0.29, 0.717) is 13.2 Å². The smallest absolute Gasteiger partial charge is 0.241 e. The average molecular weight is 290 g/mol. The predicted octanol–water partition coefficient (Wildman–Crippen LogP) is 2.63. The van der Waals surface area contributed by atoms with Gasteiger partial charge in [-0.1, -0.05) is 44.0 Å². The van der Waals surface area contributed by atoms with E-state index in [1.807, 2.05) is 17.0 Å². The van der Waals surface area contributed by atoms with Crippen molar-refractivity contribution in [3.05, 3.63) is 35.4 Å². The molecule has 1 aliphatic heterocycles. The number of aryl methyl sites for hydroxylation is 1. The van der Waals surface area contributed by atoms with Crippen LogP contribution in [-0.4, -0.2) is 37.1 Å². The van der Waals surface area contributed by atoms with Gasteiger partial charge in [-0.05, 0) is 24.5 Å². The molecule has 1 amide bonds. The van der Waals surface area contributed by atoms with Crippen LogP contribution in [0.15, 0.2) is 24.3 Å². The monoisotopic (exact) mass is 290 g/mol. The second-order valence-corrected chi connectivity index (χ2v) is 5.65. The molecule has 0 bridgehead atoms. The van der Waals surface area contributed by atoms with E-state index in [0.717, 1.165) is 19.3 Å². The van der Waals surface area contributed by atoms with Crippen LogP contribution in [0.5, 0.6) is 0 Å². The van der Waals surface area contributed by atoms with Gasteiger partial charge in [-0.2, -0.15) is 0 Å². The first kappa shape index (κ1) is 16.0. The molecule has 0 aliphatic carbocycles. The van der Waals surface area contributed by atoms with E-state index in [1.165, 1.54) is 11.1 Å². The number of methoxy groups -OCH3 is 1. The largest absolute Gasteiger partial charge is 0.383 e. The Morgan fingerprint density at radius 2 is 2.10 bits per heavy atom. The number of ether oxygens (including phenoxy) is 1. The van der Waals surface area contributed by atoms with E-state index < -0.39 is 0 Å². The molecular weight excluding hydrogens is 264 g/mol. The van der Waals surface area contributed by atoms with Crippen molar-refractivity contribution in [1.29, 1.82) is 0 Å². The lowest BCUT2D eigenvalue weighted by atomic mass is 10.1. The molecule has 1 saturated heterocycles. The highest BCUT2D eigenvalue weighted by Crippen LogP contribution is 2.28. The van der Waals surface area contributed by atoms with Crippen molar-refractivity contribution < 1.29 is 9.53 Å². The molecule has 4 nitrogen and oxygen atoms in total. The molecule has 116 valence electrons. The first-order valence-corrected chi connectivity index (χ1v) is 7.80. The van der Waals surface area contributed by atoms with Gasteiger partial charge >= 0.3 is 0 Å². The summed E-state index contributed by atoms with van der Waals surface area (Å²) in [6.07, 6.45) is 3.05. The van der Waals surface area contributed by atoms with Crippen LogP contribution < -0.4 is 5.32 Å². The van der Waals surface area contributed by atoms with Crippen molar-refractivity contribution in [2.45, 2.75) is 45.3 Å². The summed E-state index contributed by atoms with van der Waals surface area (Å²) in [4.78, 5) is 14.5. The zero-order valence-electron chi connectivity index (χ0n) is 13.3. The standard InChI is InChI=1S/C17H26N2O2/c1-4-5-10-15-17(20)19(11-12-21-3)16(18-15)14-9-7-6-8-13(14)2/h6-9,15-16,18H,4-5,10-12H2,1-3H3. The van der Waals surface area contributed by atoms with Gasteiger partial charge in [0.15, 0.2) is 0 Å². The Balaban J connectivity index is 2.20. The normalized spacial score (nSPS) is 22.0. The van der Waals surface area contributed by atoms with E-state index in [2.05, 4.69) is 31.3 Å². The van der Waals surface area contributed by atoms with E-state index >= 15 is 0 Å². The summed E-state index contributed by atoms with van der Waals surface area (Å²) in [5.74, 6) is 0.203. The van der Waals surface area contributed by atoms with Gasteiger partial charge in [0, 0.05) is 13.7 Å². The lowest BCUT2D eigenvalue weighted by Gasteiger charge is -2.25. The lowest BCUT2D eigenvalue weighted by molar-refractivity contribution is -0.130. The van der Waals surface area contributed by atoms with Crippen molar-refractivity contribution in [2.24, 2.45) is 0 Å². The number of benzene rings is 1. The molecule has 2 unspecified atom stereocenters. The maximum atomic E-state index is 12.6. The number of carbonyl (C=O) groups excluding carboxylic acids is 1. The molecule has 1 fully saturated rings. The number of unbranched alkanes of at least 4 members (excludes halogenated alkanes) is 1. The van der Waals surface area contributed by atoms with Crippen LogP contribution in [0.4, 0.5) is 0 Å². The Kier molecular flexibility index (Phi) is 5.76. The zero-order valence-corrected chi connectivity index (χ0v) is 13.3. The molecule has 0 spiro atoms. The number of rotatable bonds is 7. The van der Waals surface area contributed by atoms with Crippen LogP contribution in [0, 0.1) is 6.92 Å². The highest BCUT2D eigenvalue weighted by molar-refractivity contribution is 5.84. The fourth-order valence-electron chi connectivity index (χ4n) is 2.87. The number of nitrogens with zero attached hydrogens (tertiary/aromatic N) is 1. The molecule has 0 radical (unpaired) electrons. The molecule has 0 aromatic heterocycles. The van der Waals surface area contributed by atoms with E-state index in [1.54, 1.807) is 7.11 Å². The van der Waals surface area contributed by atoms with Gasteiger partial charge in [-0.3, -0.25) is 10.1 Å². The van der Waals surface area contributed by atoms with Gasteiger partial charge < -0.3 is 9.64 Å². The minimum atomic E-state index is -0.0635.